The first-order valence-electron chi connectivity index (χ1n) is 5.98. The van der Waals surface area contributed by atoms with Gasteiger partial charge in [-0.05, 0) is 24.5 Å². The van der Waals surface area contributed by atoms with E-state index in [2.05, 4.69) is 0 Å². The van der Waals surface area contributed by atoms with Crippen molar-refractivity contribution in [1.29, 1.82) is 0 Å². The molecule has 1 unspecified atom stereocenters. The predicted molar refractivity (Wildman–Crippen MR) is 75.6 cm³/mol. The number of sulfonamides is 1. The van der Waals surface area contributed by atoms with Crippen LogP contribution in [0, 0.1) is 5.92 Å². The van der Waals surface area contributed by atoms with E-state index < -0.39 is 16.0 Å². The molecule has 110 valence electrons. The van der Waals surface area contributed by atoms with Gasteiger partial charge in [0.2, 0.25) is 10.0 Å². The molecule has 0 amide bonds. The van der Waals surface area contributed by atoms with Crippen molar-refractivity contribution in [3.63, 3.8) is 0 Å². The van der Waals surface area contributed by atoms with E-state index in [1.165, 1.54) is 22.5 Å². The number of benzene rings is 1. The van der Waals surface area contributed by atoms with Crippen LogP contribution in [0.15, 0.2) is 23.1 Å². The average molecular weight is 338 g/mol. The average Bonchev–Trinajstić information content (AvgIpc) is 2.80. The highest BCUT2D eigenvalue weighted by atomic mass is 35.5. The summed E-state index contributed by atoms with van der Waals surface area (Å²) in [5.41, 5.74) is 0. The molecular weight excluding hydrogens is 325 g/mol. The second-order valence-electron chi connectivity index (χ2n) is 4.67. The maximum Gasteiger partial charge on any atom is 0.303 e. The SMILES string of the molecule is O=C(O)CC1CCN(S(=O)(=O)c2cccc(Cl)c2Cl)C1. The molecule has 1 aliphatic rings. The zero-order valence-corrected chi connectivity index (χ0v) is 12.7. The molecule has 1 saturated heterocycles. The van der Waals surface area contributed by atoms with E-state index in [1.54, 1.807) is 0 Å². The Kier molecular flexibility index (Phi) is 4.59. The molecule has 0 bridgehead atoms. The first-order valence-corrected chi connectivity index (χ1v) is 8.18. The summed E-state index contributed by atoms with van der Waals surface area (Å²) in [5, 5.41) is 8.93. The van der Waals surface area contributed by atoms with Gasteiger partial charge in [0.25, 0.3) is 0 Å². The van der Waals surface area contributed by atoms with Crippen molar-refractivity contribution in [2.75, 3.05) is 13.1 Å². The molecule has 1 aromatic carbocycles. The Morgan fingerprint density at radius 1 is 1.40 bits per heavy atom. The molecule has 0 aromatic heterocycles. The van der Waals surface area contributed by atoms with Crippen LogP contribution in [0.4, 0.5) is 0 Å². The zero-order valence-electron chi connectivity index (χ0n) is 10.4. The van der Waals surface area contributed by atoms with Gasteiger partial charge >= 0.3 is 5.97 Å². The second kappa shape index (κ2) is 5.89. The molecule has 0 saturated carbocycles. The smallest absolute Gasteiger partial charge is 0.303 e. The molecule has 1 N–H and O–H groups in total. The summed E-state index contributed by atoms with van der Waals surface area (Å²) < 4.78 is 26.2. The molecule has 20 heavy (non-hydrogen) atoms. The minimum Gasteiger partial charge on any atom is -0.481 e. The molecule has 5 nitrogen and oxygen atoms in total. The largest absolute Gasteiger partial charge is 0.481 e. The molecule has 0 aliphatic carbocycles. The van der Waals surface area contributed by atoms with Crippen molar-refractivity contribution in [2.45, 2.75) is 17.7 Å². The van der Waals surface area contributed by atoms with E-state index in [0.717, 1.165) is 0 Å². The van der Waals surface area contributed by atoms with Crippen LogP contribution in [0.3, 0.4) is 0 Å². The lowest BCUT2D eigenvalue weighted by Gasteiger charge is -2.17. The number of aliphatic carboxylic acids is 1. The topological polar surface area (TPSA) is 74.7 Å². The van der Waals surface area contributed by atoms with Gasteiger partial charge in [-0.2, -0.15) is 4.31 Å². The third-order valence-corrected chi connectivity index (χ3v) is 6.08. The fourth-order valence-corrected chi connectivity index (χ4v) is 4.52. The van der Waals surface area contributed by atoms with Crippen LogP contribution in [0.2, 0.25) is 10.0 Å². The van der Waals surface area contributed by atoms with Crippen LogP contribution in [-0.2, 0) is 14.8 Å². The normalized spacial score (nSPS) is 20.2. The first-order chi connectivity index (χ1) is 9.32. The molecule has 1 atom stereocenters. The standard InChI is InChI=1S/C12H13Cl2NO4S/c13-9-2-1-3-10(12(9)14)20(18,19)15-5-4-8(7-15)6-11(16)17/h1-3,8H,4-7H2,(H,16,17). The quantitative estimate of drug-likeness (QED) is 0.915. The van der Waals surface area contributed by atoms with Crippen molar-refractivity contribution in [1.82, 2.24) is 4.31 Å². The van der Waals surface area contributed by atoms with Gasteiger partial charge in [0.15, 0.2) is 0 Å². The number of hydrogen-bond acceptors (Lipinski definition) is 3. The monoisotopic (exact) mass is 337 g/mol. The van der Waals surface area contributed by atoms with Crippen molar-refractivity contribution < 1.29 is 18.3 Å². The van der Waals surface area contributed by atoms with E-state index in [4.69, 9.17) is 28.3 Å². The van der Waals surface area contributed by atoms with Gasteiger partial charge in [-0.25, -0.2) is 8.42 Å². The minimum atomic E-state index is -3.74. The Hall–Kier alpha value is -0.820. The third kappa shape index (κ3) is 3.09. The lowest BCUT2D eigenvalue weighted by Crippen LogP contribution is -2.29. The lowest BCUT2D eigenvalue weighted by molar-refractivity contribution is -0.137. The summed E-state index contributed by atoms with van der Waals surface area (Å²) >= 11 is 11.8. The van der Waals surface area contributed by atoms with Gasteiger partial charge in [0, 0.05) is 19.5 Å². The summed E-state index contributed by atoms with van der Waals surface area (Å²) in [6, 6.07) is 4.43. The number of hydrogen-bond donors (Lipinski definition) is 1. The maximum absolute atomic E-state index is 12.5. The van der Waals surface area contributed by atoms with Crippen molar-refractivity contribution in [3.05, 3.63) is 28.2 Å². The molecular formula is C12H13Cl2NO4S. The Morgan fingerprint density at radius 2 is 2.10 bits per heavy atom. The van der Waals surface area contributed by atoms with Gasteiger partial charge in [-0.15, -0.1) is 0 Å². The molecule has 0 radical (unpaired) electrons. The van der Waals surface area contributed by atoms with Gasteiger partial charge in [-0.1, -0.05) is 29.3 Å². The van der Waals surface area contributed by atoms with E-state index >= 15 is 0 Å². The van der Waals surface area contributed by atoms with Gasteiger partial charge in [0.05, 0.1) is 10.0 Å². The number of rotatable bonds is 4. The Balaban J connectivity index is 2.24. The fraction of sp³-hybridized carbons (Fsp3) is 0.417. The van der Waals surface area contributed by atoms with Gasteiger partial charge in [-0.3, -0.25) is 4.79 Å². The summed E-state index contributed by atoms with van der Waals surface area (Å²) in [7, 11) is -3.74. The maximum atomic E-state index is 12.5. The molecule has 1 heterocycles. The Bertz CT molecular complexity index is 632. The number of halogens is 2. The molecule has 0 spiro atoms. The lowest BCUT2D eigenvalue weighted by atomic mass is 10.1. The summed E-state index contributed by atoms with van der Waals surface area (Å²) in [5.74, 6) is -1.09. The molecule has 1 aliphatic heterocycles. The Morgan fingerprint density at radius 3 is 2.75 bits per heavy atom. The van der Waals surface area contributed by atoms with Crippen LogP contribution in [0.25, 0.3) is 0 Å². The van der Waals surface area contributed by atoms with Crippen LogP contribution >= 0.6 is 23.2 Å². The van der Waals surface area contributed by atoms with E-state index in [0.29, 0.717) is 13.0 Å². The van der Waals surface area contributed by atoms with Crippen LogP contribution in [0.5, 0.6) is 0 Å². The Labute approximate surface area is 127 Å². The van der Waals surface area contributed by atoms with E-state index in [1.807, 2.05) is 0 Å². The number of carboxylic acids is 1. The molecule has 2 rings (SSSR count). The van der Waals surface area contributed by atoms with Crippen molar-refractivity contribution in [3.8, 4) is 0 Å². The van der Waals surface area contributed by atoms with E-state index in [9.17, 15) is 13.2 Å². The highest BCUT2D eigenvalue weighted by Crippen LogP contribution is 2.33. The summed E-state index contributed by atoms with van der Waals surface area (Å²) in [6.45, 7) is 0.487. The number of carbonyl (C=O) groups is 1. The fourth-order valence-electron chi connectivity index (χ4n) is 2.25. The number of nitrogens with zero attached hydrogens (tertiary/aromatic N) is 1. The summed E-state index contributed by atoms with van der Waals surface area (Å²) in [4.78, 5) is 10.6. The highest BCUT2D eigenvalue weighted by molar-refractivity contribution is 7.89. The van der Waals surface area contributed by atoms with Gasteiger partial charge < -0.3 is 5.11 Å². The third-order valence-electron chi connectivity index (χ3n) is 3.25. The van der Waals surface area contributed by atoms with Crippen LogP contribution < -0.4 is 0 Å². The second-order valence-corrected chi connectivity index (χ2v) is 7.36. The predicted octanol–water partition coefficient (Wildman–Crippen LogP) is 2.48. The van der Waals surface area contributed by atoms with Crippen molar-refractivity contribution >= 4 is 39.2 Å². The van der Waals surface area contributed by atoms with Crippen LogP contribution in [-0.4, -0.2) is 36.9 Å². The first kappa shape index (κ1) is 15.6. The van der Waals surface area contributed by atoms with Gasteiger partial charge in [0.1, 0.15) is 4.90 Å². The highest BCUT2D eigenvalue weighted by Gasteiger charge is 2.34. The van der Waals surface area contributed by atoms with Crippen LogP contribution in [0.1, 0.15) is 12.8 Å². The zero-order chi connectivity index (χ0) is 14.9. The summed E-state index contributed by atoms with van der Waals surface area (Å²) in [6.07, 6.45) is 0.499. The minimum absolute atomic E-state index is 0.00384. The molecule has 8 heteroatoms. The van der Waals surface area contributed by atoms with Crippen molar-refractivity contribution in [2.24, 2.45) is 5.92 Å². The molecule has 1 aromatic rings. The van der Waals surface area contributed by atoms with E-state index in [-0.39, 0.29) is 33.8 Å². The number of carboxylic acid groups (broad SMARTS) is 1. The molecule has 1 fully saturated rings.